The molecule has 0 spiro atoms. The molecule has 0 radical (unpaired) electrons. The number of primary amides is 1. The largest absolute Gasteiger partial charge is 0.368 e. The third-order valence-corrected chi connectivity index (χ3v) is 4.93. The summed E-state index contributed by atoms with van der Waals surface area (Å²) >= 11 is 0. The van der Waals surface area contributed by atoms with Crippen LogP contribution in [0.25, 0.3) is 11.3 Å². The minimum absolute atomic E-state index is 0.0286. The molecule has 1 aromatic carbocycles. The maximum Gasteiger partial charge on any atom is 0.243 e. The van der Waals surface area contributed by atoms with E-state index in [1.165, 1.54) is 0 Å². The summed E-state index contributed by atoms with van der Waals surface area (Å²) in [6.45, 7) is 4.53. The molecule has 6 heteroatoms. The van der Waals surface area contributed by atoms with Gasteiger partial charge in [0.1, 0.15) is 17.0 Å². The van der Waals surface area contributed by atoms with E-state index >= 15 is 0 Å². The number of carbonyl (C=O) groups excluding carboxylic acids is 2. The molecule has 1 aliphatic rings. The molecule has 1 aromatic heterocycles. The molecule has 1 aliphatic heterocycles. The van der Waals surface area contributed by atoms with Crippen molar-refractivity contribution in [1.82, 2.24) is 10.1 Å². The number of carbonyl (C=O) groups is 2. The van der Waals surface area contributed by atoms with Gasteiger partial charge in [-0.05, 0) is 18.8 Å². The highest BCUT2D eigenvalue weighted by Gasteiger charge is 2.49. The van der Waals surface area contributed by atoms with Gasteiger partial charge >= 0.3 is 0 Å². The fourth-order valence-electron chi connectivity index (χ4n) is 3.66. The fourth-order valence-corrected chi connectivity index (χ4v) is 3.66. The molecule has 138 valence electrons. The fraction of sp³-hybridized carbons (Fsp3) is 0.450. The molecular formula is C20H25N3O3. The Hall–Kier alpha value is -2.63. The molecule has 1 saturated heterocycles. The molecule has 0 aliphatic carbocycles. The van der Waals surface area contributed by atoms with Gasteiger partial charge in [0.2, 0.25) is 11.8 Å². The third kappa shape index (κ3) is 3.49. The van der Waals surface area contributed by atoms with Gasteiger partial charge in [0.15, 0.2) is 0 Å². The zero-order valence-electron chi connectivity index (χ0n) is 15.3. The molecule has 0 bridgehead atoms. The van der Waals surface area contributed by atoms with Gasteiger partial charge < -0.3 is 15.2 Å². The second kappa shape index (κ2) is 7.32. The second-order valence-electron chi connectivity index (χ2n) is 7.36. The highest BCUT2D eigenvalue weighted by atomic mass is 16.5. The molecule has 2 amide bonds. The van der Waals surface area contributed by atoms with Crippen LogP contribution in [0.3, 0.4) is 0 Å². The van der Waals surface area contributed by atoms with Gasteiger partial charge in [-0.25, -0.2) is 0 Å². The van der Waals surface area contributed by atoms with Crippen LogP contribution in [0.15, 0.2) is 40.9 Å². The minimum Gasteiger partial charge on any atom is -0.368 e. The Morgan fingerprint density at radius 1 is 1.31 bits per heavy atom. The van der Waals surface area contributed by atoms with Gasteiger partial charge in [0.25, 0.3) is 0 Å². The number of likely N-dealkylation sites (tertiary alicyclic amines) is 1. The van der Waals surface area contributed by atoms with Crippen LogP contribution in [-0.4, -0.2) is 34.0 Å². The molecule has 2 aromatic rings. The van der Waals surface area contributed by atoms with E-state index in [0.29, 0.717) is 30.8 Å². The van der Waals surface area contributed by atoms with Crippen LogP contribution in [0.1, 0.15) is 38.9 Å². The Morgan fingerprint density at radius 3 is 2.69 bits per heavy atom. The Balaban J connectivity index is 1.86. The van der Waals surface area contributed by atoms with E-state index in [1.807, 2.05) is 50.2 Å². The van der Waals surface area contributed by atoms with Gasteiger partial charge in [0, 0.05) is 31.0 Å². The highest BCUT2D eigenvalue weighted by Crippen LogP contribution is 2.34. The van der Waals surface area contributed by atoms with Crippen molar-refractivity contribution in [2.24, 2.45) is 11.7 Å². The lowest BCUT2D eigenvalue weighted by atomic mass is 9.89. The molecule has 3 rings (SSSR count). The van der Waals surface area contributed by atoms with Crippen LogP contribution in [-0.2, 0) is 16.0 Å². The third-order valence-electron chi connectivity index (χ3n) is 4.93. The summed E-state index contributed by atoms with van der Waals surface area (Å²) in [5.74, 6) is 0.277. The molecule has 2 N–H and O–H groups in total. The second-order valence-corrected chi connectivity index (χ2v) is 7.36. The topological polar surface area (TPSA) is 89.4 Å². The smallest absolute Gasteiger partial charge is 0.243 e. The summed E-state index contributed by atoms with van der Waals surface area (Å²) < 4.78 is 5.47. The summed E-state index contributed by atoms with van der Waals surface area (Å²) in [5.41, 5.74) is 6.38. The number of aromatic nitrogens is 1. The standard InChI is InChI=1S/C20H25N3O3/c1-14(2)11-18(24)23-10-6-9-20(23,19(21)25)13-16-12-17(22-26-16)15-7-4-3-5-8-15/h3-5,7-8,12,14H,6,9-11,13H2,1-2H3,(H2,21,25). The molecule has 1 unspecified atom stereocenters. The molecule has 1 fully saturated rings. The zero-order chi connectivity index (χ0) is 18.7. The highest BCUT2D eigenvalue weighted by molar-refractivity contribution is 5.91. The number of amides is 2. The number of benzene rings is 1. The van der Waals surface area contributed by atoms with Crippen LogP contribution in [0.4, 0.5) is 0 Å². The predicted molar refractivity (Wildman–Crippen MR) is 98.0 cm³/mol. The zero-order valence-corrected chi connectivity index (χ0v) is 15.3. The lowest BCUT2D eigenvalue weighted by molar-refractivity contribution is -0.144. The maximum absolute atomic E-state index is 12.7. The number of nitrogens with zero attached hydrogens (tertiary/aromatic N) is 2. The van der Waals surface area contributed by atoms with E-state index in [0.717, 1.165) is 12.0 Å². The van der Waals surface area contributed by atoms with Crippen molar-refractivity contribution >= 4 is 11.8 Å². The van der Waals surface area contributed by atoms with Gasteiger partial charge in [-0.1, -0.05) is 49.3 Å². The molecule has 6 nitrogen and oxygen atoms in total. The first-order valence-corrected chi connectivity index (χ1v) is 9.04. The van der Waals surface area contributed by atoms with Crippen LogP contribution >= 0.6 is 0 Å². The van der Waals surface area contributed by atoms with E-state index in [4.69, 9.17) is 10.3 Å². The first-order chi connectivity index (χ1) is 12.4. The summed E-state index contributed by atoms with van der Waals surface area (Å²) in [6.07, 6.45) is 1.96. The van der Waals surface area contributed by atoms with Gasteiger partial charge in [-0.15, -0.1) is 0 Å². The van der Waals surface area contributed by atoms with Gasteiger partial charge in [-0.2, -0.15) is 0 Å². The number of hydrogen-bond donors (Lipinski definition) is 1. The van der Waals surface area contributed by atoms with Crippen LogP contribution in [0, 0.1) is 5.92 Å². The lowest BCUT2D eigenvalue weighted by Crippen LogP contribution is -2.57. The summed E-state index contributed by atoms with van der Waals surface area (Å²) in [5, 5.41) is 4.11. The van der Waals surface area contributed by atoms with Crippen LogP contribution < -0.4 is 5.73 Å². The lowest BCUT2D eigenvalue weighted by Gasteiger charge is -2.35. The Bertz CT molecular complexity index is 785. The number of hydrogen-bond acceptors (Lipinski definition) is 4. The Labute approximate surface area is 153 Å². The SMILES string of the molecule is CC(C)CC(=O)N1CCCC1(Cc1cc(-c2ccccc2)no1)C(N)=O. The number of rotatable bonds is 6. The quantitative estimate of drug-likeness (QED) is 0.863. The van der Waals surface area contributed by atoms with Crippen molar-refractivity contribution in [3.05, 3.63) is 42.2 Å². The predicted octanol–water partition coefficient (Wildman–Crippen LogP) is 2.78. The summed E-state index contributed by atoms with van der Waals surface area (Å²) in [4.78, 5) is 26.7. The van der Waals surface area contributed by atoms with Crippen LogP contribution in [0.5, 0.6) is 0 Å². The van der Waals surface area contributed by atoms with Gasteiger partial charge in [-0.3, -0.25) is 9.59 Å². The maximum atomic E-state index is 12.7. The van der Waals surface area contributed by atoms with Crippen molar-refractivity contribution in [2.45, 2.75) is 45.1 Å². The Morgan fingerprint density at radius 2 is 2.04 bits per heavy atom. The minimum atomic E-state index is -1.03. The molecular weight excluding hydrogens is 330 g/mol. The van der Waals surface area contributed by atoms with Crippen molar-refractivity contribution in [2.75, 3.05) is 6.54 Å². The summed E-state index contributed by atoms with van der Waals surface area (Å²) in [7, 11) is 0. The first-order valence-electron chi connectivity index (χ1n) is 9.04. The van der Waals surface area contributed by atoms with E-state index in [1.54, 1.807) is 4.90 Å². The summed E-state index contributed by atoms with van der Waals surface area (Å²) in [6, 6.07) is 11.5. The van der Waals surface area contributed by atoms with Crippen molar-refractivity contribution in [3.63, 3.8) is 0 Å². The molecule has 2 heterocycles. The average Bonchev–Trinajstić information content (AvgIpc) is 3.23. The van der Waals surface area contributed by atoms with E-state index in [2.05, 4.69) is 5.16 Å². The van der Waals surface area contributed by atoms with Crippen LogP contribution in [0.2, 0.25) is 0 Å². The molecule has 1 atom stereocenters. The first kappa shape index (κ1) is 18.2. The van der Waals surface area contributed by atoms with Crippen molar-refractivity contribution in [3.8, 4) is 11.3 Å². The van der Waals surface area contributed by atoms with E-state index in [-0.39, 0.29) is 18.2 Å². The van der Waals surface area contributed by atoms with Gasteiger partial charge in [0.05, 0.1) is 0 Å². The van der Waals surface area contributed by atoms with Crippen molar-refractivity contribution < 1.29 is 14.1 Å². The number of nitrogens with two attached hydrogens (primary N) is 1. The van der Waals surface area contributed by atoms with E-state index in [9.17, 15) is 9.59 Å². The molecule has 26 heavy (non-hydrogen) atoms. The average molecular weight is 355 g/mol. The Kier molecular flexibility index (Phi) is 5.11. The normalized spacial score (nSPS) is 19.9. The van der Waals surface area contributed by atoms with Crippen molar-refractivity contribution in [1.29, 1.82) is 0 Å². The monoisotopic (exact) mass is 355 g/mol. The van der Waals surface area contributed by atoms with E-state index < -0.39 is 11.4 Å². The molecule has 0 saturated carbocycles.